The molecular formula is C12H14ClFN2O4. The fraction of sp³-hybridized carbons (Fsp3) is 0.417. The van der Waals surface area contributed by atoms with E-state index in [0.717, 1.165) is 12.5 Å². The number of non-ortho nitro benzene ring substituents is 1. The smallest absolute Gasteiger partial charge is 0.320 e. The molecule has 1 aliphatic rings. The molecule has 1 atom stereocenters. The van der Waals surface area contributed by atoms with Crippen LogP contribution in [-0.2, 0) is 11.3 Å². The molecule has 0 aromatic heterocycles. The summed E-state index contributed by atoms with van der Waals surface area (Å²) in [7, 11) is 0. The van der Waals surface area contributed by atoms with Gasteiger partial charge in [0, 0.05) is 18.2 Å². The van der Waals surface area contributed by atoms with Gasteiger partial charge in [-0.2, -0.15) is 0 Å². The van der Waals surface area contributed by atoms with Crippen LogP contribution in [0.15, 0.2) is 18.2 Å². The Balaban J connectivity index is 0.00000200. The fourth-order valence-corrected chi connectivity index (χ4v) is 2.29. The van der Waals surface area contributed by atoms with E-state index >= 15 is 0 Å². The zero-order valence-electron chi connectivity index (χ0n) is 10.5. The summed E-state index contributed by atoms with van der Waals surface area (Å²) in [5, 5.41) is 19.5. The molecule has 1 fully saturated rings. The van der Waals surface area contributed by atoms with Crippen LogP contribution in [0, 0.1) is 15.9 Å². The summed E-state index contributed by atoms with van der Waals surface area (Å²) in [5.41, 5.74) is -0.0313. The molecule has 2 rings (SSSR count). The van der Waals surface area contributed by atoms with Crippen molar-refractivity contribution in [1.29, 1.82) is 0 Å². The maximum absolute atomic E-state index is 13.7. The van der Waals surface area contributed by atoms with Crippen molar-refractivity contribution in [3.05, 3.63) is 39.7 Å². The van der Waals surface area contributed by atoms with Gasteiger partial charge in [0.25, 0.3) is 5.69 Å². The molecular weight excluding hydrogens is 291 g/mol. The van der Waals surface area contributed by atoms with Crippen molar-refractivity contribution in [2.45, 2.75) is 25.4 Å². The monoisotopic (exact) mass is 304 g/mol. The van der Waals surface area contributed by atoms with Crippen LogP contribution >= 0.6 is 12.4 Å². The number of nitro benzene ring substituents is 1. The lowest BCUT2D eigenvalue weighted by atomic mass is 10.1. The molecule has 0 spiro atoms. The van der Waals surface area contributed by atoms with Gasteiger partial charge in [0.1, 0.15) is 11.9 Å². The van der Waals surface area contributed by atoms with E-state index in [9.17, 15) is 19.3 Å². The molecule has 0 saturated carbocycles. The van der Waals surface area contributed by atoms with Gasteiger partial charge in [-0.15, -0.1) is 12.4 Å². The van der Waals surface area contributed by atoms with Gasteiger partial charge in [0.2, 0.25) is 0 Å². The van der Waals surface area contributed by atoms with Crippen molar-refractivity contribution in [2.75, 3.05) is 6.54 Å². The number of halogens is 2. The molecule has 1 N–H and O–H groups in total. The number of carboxylic acids is 1. The molecule has 1 aromatic carbocycles. The Bertz CT molecular complexity index is 526. The van der Waals surface area contributed by atoms with E-state index in [-0.39, 0.29) is 30.2 Å². The average Bonchev–Trinajstić information content (AvgIpc) is 2.79. The first-order chi connectivity index (χ1) is 8.99. The third kappa shape index (κ3) is 3.43. The van der Waals surface area contributed by atoms with Gasteiger partial charge >= 0.3 is 5.97 Å². The van der Waals surface area contributed by atoms with Crippen molar-refractivity contribution >= 4 is 24.1 Å². The largest absolute Gasteiger partial charge is 0.480 e. The predicted molar refractivity (Wildman–Crippen MR) is 71.4 cm³/mol. The van der Waals surface area contributed by atoms with Gasteiger partial charge in [-0.25, -0.2) is 4.39 Å². The van der Waals surface area contributed by atoms with Crippen LogP contribution in [-0.4, -0.2) is 33.5 Å². The standard InChI is InChI=1S/C12H13FN2O4.ClH/c13-10-6-9(15(18)19)4-3-8(10)7-14-5-1-2-11(14)12(16)17;/h3-4,6,11H,1-2,5,7H2,(H,16,17);1H. The Kier molecular flexibility index (Phi) is 5.41. The van der Waals surface area contributed by atoms with Gasteiger partial charge in [-0.05, 0) is 25.5 Å². The molecule has 1 aliphatic heterocycles. The lowest BCUT2D eigenvalue weighted by Crippen LogP contribution is -2.35. The van der Waals surface area contributed by atoms with Gasteiger partial charge in [-0.3, -0.25) is 19.8 Å². The number of carbonyl (C=O) groups is 1. The number of likely N-dealkylation sites (tertiary alicyclic amines) is 1. The van der Waals surface area contributed by atoms with Crippen LogP contribution in [0.4, 0.5) is 10.1 Å². The Morgan fingerprint density at radius 3 is 2.80 bits per heavy atom. The van der Waals surface area contributed by atoms with E-state index in [1.165, 1.54) is 12.1 Å². The predicted octanol–water partition coefficient (Wildman–Crippen LogP) is 2.20. The highest BCUT2D eigenvalue weighted by atomic mass is 35.5. The van der Waals surface area contributed by atoms with Crippen LogP contribution in [0.25, 0.3) is 0 Å². The van der Waals surface area contributed by atoms with Crippen LogP contribution in [0.1, 0.15) is 18.4 Å². The number of aliphatic carboxylic acids is 1. The Morgan fingerprint density at radius 2 is 2.25 bits per heavy atom. The molecule has 6 nitrogen and oxygen atoms in total. The normalized spacial score (nSPS) is 18.6. The number of hydrogen-bond acceptors (Lipinski definition) is 4. The maximum Gasteiger partial charge on any atom is 0.320 e. The second-order valence-electron chi connectivity index (χ2n) is 4.50. The minimum atomic E-state index is -0.917. The summed E-state index contributed by atoms with van der Waals surface area (Å²) < 4.78 is 13.7. The Labute approximate surface area is 120 Å². The second-order valence-corrected chi connectivity index (χ2v) is 4.50. The highest BCUT2D eigenvalue weighted by Gasteiger charge is 2.30. The number of benzene rings is 1. The Hall–Kier alpha value is -1.73. The first-order valence-corrected chi connectivity index (χ1v) is 5.88. The van der Waals surface area contributed by atoms with E-state index in [0.29, 0.717) is 13.0 Å². The van der Waals surface area contributed by atoms with Crippen molar-refractivity contribution in [2.24, 2.45) is 0 Å². The molecule has 1 unspecified atom stereocenters. The number of nitro groups is 1. The Morgan fingerprint density at radius 1 is 1.55 bits per heavy atom. The van der Waals surface area contributed by atoms with Crippen molar-refractivity contribution in [3.63, 3.8) is 0 Å². The summed E-state index contributed by atoms with van der Waals surface area (Å²) in [6.45, 7) is 0.744. The number of nitrogens with zero attached hydrogens (tertiary/aromatic N) is 2. The van der Waals surface area contributed by atoms with Crippen LogP contribution in [0.3, 0.4) is 0 Å². The van der Waals surface area contributed by atoms with E-state index < -0.39 is 22.8 Å². The second kappa shape index (κ2) is 6.62. The van der Waals surface area contributed by atoms with Crippen molar-refractivity contribution in [3.8, 4) is 0 Å². The summed E-state index contributed by atoms with van der Waals surface area (Å²) in [6.07, 6.45) is 1.30. The van der Waals surface area contributed by atoms with Gasteiger partial charge in [-0.1, -0.05) is 0 Å². The third-order valence-electron chi connectivity index (χ3n) is 3.27. The number of hydrogen-bond donors (Lipinski definition) is 1. The van der Waals surface area contributed by atoms with E-state index in [4.69, 9.17) is 5.11 Å². The first kappa shape index (κ1) is 16.3. The molecule has 1 heterocycles. The molecule has 0 radical (unpaired) electrons. The molecule has 0 bridgehead atoms. The minimum Gasteiger partial charge on any atom is -0.480 e. The van der Waals surface area contributed by atoms with Crippen LogP contribution in [0.2, 0.25) is 0 Å². The summed E-state index contributed by atoms with van der Waals surface area (Å²) in [4.78, 5) is 22.5. The molecule has 8 heteroatoms. The molecule has 1 saturated heterocycles. The quantitative estimate of drug-likeness (QED) is 0.681. The zero-order valence-corrected chi connectivity index (χ0v) is 11.3. The molecule has 110 valence electrons. The van der Waals surface area contributed by atoms with Gasteiger partial charge in [0.15, 0.2) is 0 Å². The lowest BCUT2D eigenvalue weighted by molar-refractivity contribution is -0.385. The number of rotatable bonds is 4. The van der Waals surface area contributed by atoms with E-state index in [1.54, 1.807) is 4.90 Å². The first-order valence-electron chi connectivity index (χ1n) is 5.88. The highest BCUT2D eigenvalue weighted by Crippen LogP contribution is 2.23. The fourth-order valence-electron chi connectivity index (χ4n) is 2.29. The molecule has 1 aromatic rings. The average molecular weight is 305 g/mol. The highest BCUT2D eigenvalue weighted by molar-refractivity contribution is 5.85. The van der Waals surface area contributed by atoms with E-state index in [1.807, 2.05) is 0 Å². The van der Waals surface area contributed by atoms with E-state index in [2.05, 4.69) is 0 Å². The summed E-state index contributed by atoms with van der Waals surface area (Å²) in [6, 6.07) is 2.82. The van der Waals surface area contributed by atoms with Crippen LogP contribution < -0.4 is 0 Å². The molecule has 0 amide bonds. The topological polar surface area (TPSA) is 83.7 Å². The maximum atomic E-state index is 13.7. The molecule has 20 heavy (non-hydrogen) atoms. The summed E-state index contributed by atoms with van der Waals surface area (Å²) >= 11 is 0. The molecule has 0 aliphatic carbocycles. The SMILES string of the molecule is Cl.O=C(O)C1CCCN1Cc1ccc([N+](=O)[O-])cc1F. The van der Waals surface area contributed by atoms with Gasteiger partial charge < -0.3 is 5.11 Å². The number of carboxylic acid groups (broad SMARTS) is 1. The van der Waals surface area contributed by atoms with Crippen molar-refractivity contribution in [1.82, 2.24) is 4.90 Å². The third-order valence-corrected chi connectivity index (χ3v) is 3.27. The van der Waals surface area contributed by atoms with Crippen LogP contribution in [0.5, 0.6) is 0 Å². The van der Waals surface area contributed by atoms with Gasteiger partial charge in [0.05, 0.1) is 11.0 Å². The lowest BCUT2D eigenvalue weighted by Gasteiger charge is -2.21. The minimum absolute atomic E-state index is 0. The zero-order chi connectivity index (χ0) is 14.0. The summed E-state index contributed by atoms with van der Waals surface area (Å²) in [5.74, 6) is -1.59. The van der Waals surface area contributed by atoms with Crippen molar-refractivity contribution < 1.29 is 19.2 Å².